The number of nitrogens with two attached hydrogens (primary N) is 1. The van der Waals surface area contributed by atoms with Gasteiger partial charge in [-0.15, -0.1) is 11.6 Å². The maximum atomic E-state index is 5.88. The fraction of sp³-hybridized carbons (Fsp3) is 0.714. The average Bonchev–Trinajstić information content (AvgIpc) is 1.80. The quantitative estimate of drug-likeness (QED) is 0.407. The van der Waals surface area contributed by atoms with Gasteiger partial charge in [-0.05, 0) is 19.3 Å². The summed E-state index contributed by atoms with van der Waals surface area (Å²) in [4.78, 5) is 0. The second kappa shape index (κ2) is 2.72. The third-order valence-electron chi connectivity index (χ3n) is 1.79. The number of allylic oxidation sites excluding steroid dienone is 1. The van der Waals surface area contributed by atoms with Gasteiger partial charge in [0.15, 0.2) is 0 Å². The highest BCUT2D eigenvalue weighted by molar-refractivity contribution is 6.22. The minimum Gasteiger partial charge on any atom is -0.328 e. The Kier molecular flexibility index (Phi) is 2.14. The van der Waals surface area contributed by atoms with Crippen molar-refractivity contribution in [3.8, 4) is 0 Å². The number of rotatable bonds is 0. The first-order valence-corrected chi connectivity index (χ1v) is 3.71. The summed E-state index contributed by atoms with van der Waals surface area (Å²) < 4.78 is 0. The summed E-state index contributed by atoms with van der Waals surface area (Å²) in [6, 6.07) is 0.304. The van der Waals surface area contributed by atoms with Gasteiger partial charge in [0.2, 0.25) is 0 Å². The standard InChI is InChI=1S/C7H12ClN/c1-5-2-3-6(9)4-7(5)8/h6-7H,1-4,9H2. The molecule has 0 aromatic rings. The van der Waals surface area contributed by atoms with Crippen LogP contribution < -0.4 is 5.73 Å². The first-order chi connectivity index (χ1) is 4.20. The number of alkyl halides is 1. The Bertz CT molecular complexity index is 122. The van der Waals surface area contributed by atoms with Gasteiger partial charge in [0, 0.05) is 6.04 Å². The summed E-state index contributed by atoms with van der Waals surface area (Å²) in [6.45, 7) is 3.84. The molecule has 2 unspecified atom stereocenters. The van der Waals surface area contributed by atoms with Crippen molar-refractivity contribution in [1.82, 2.24) is 0 Å². The molecule has 0 saturated heterocycles. The fourth-order valence-corrected chi connectivity index (χ4v) is 1.42. The van der Waals surface area contributed by atoms with Gasteiger partial charge in [-0.3, -0.25) is 0 Å². The van der Waals surface area contributed by atoms with Crippen LogP contribution in [0, 0.1) is 0 Å². The number of hydrogen-bond acceptors (Lipinski definition) is 1. The SMILES string of the molecule is C=C1CCC(N)CC1Cl. The van der Waals surface area contributed by atoms with Crippen LogP contribution in [0.4, 0.5) is 0 Å². The van der Waals surface area contributed by atoms with Crippen LogP contribution in [-0.2, 0) is 0 Å². The normalized spacial score (nSPS) is 36.9. The van der Waals surface area contributed by atoms with E-state index in [1.165, 1.54) is 0 Å². The average molecular weight is 146 g/mol. The lowest BCUT2D eigenvalue weighted by Gasteiger charge is -2.23. The van der Waals surface area contributed by atoms with Crippen LogP contribution in [-0.4, -0.2) is 11.4 Å². The van der Waals surface area contributed by atoms with Crippen LogP contribution in [0.2, 0.25) is 0 Å². The van der Waals surface area contributed by atoms with E-state index in [-0.39, 0.29) is 5.38 Å². The Hall–Kier alpha value is -0.0100. The summed E-state index contributed by atoms with van der Waals surface area (Å²) >= 11 is 5.88. The molecule has 0 aromatic heterocycles. The maximum Gasteiger partial charge on any atom is 0.0557 e. The van der Waals surface area contributed by atoms with Crippen LogP contribution in [0.1, 0.15) is 19.3 Å². The van der Waals surface area contributed by atoms with Crippen molar-refractivity contribution in [1.29, 1.82) is 0 Å². The molecule has 1 aliphatic carbocycles. The molecule has 2 heteroatoms. The van der Waals surface area contributed by atoms with E-state index >= 15 is 0 Å². The molecule has 9 heavy (non-hydrogen) atoms. The van der Waals surface area contributed by atoms with Crippen molar-refractivity contribution in [2.75, 3.05) is 0 Å². The molecule has 0 aliphatic heterocycles. The fourth-order valence-electron chi connectivity index (χ4n) is 1.08. The second-order valence-corrected chi connectivity index (χ2v) is 3.19. The zero-order valence-corrected chi connectivity index (χ0v) is 6.19. The van der Waals surface area contributed by atoms with Crippen LogP contribution in [0.5, 0.6) is 0 Å². The molecule has 1 fully saturated rings. The Morgan fingerprint density at radius 3 is 2.78 bits per heavy atom. The highest BCUT2D eigenvalue weighted by Crippen LogP contribution is 2.25. The summed E-state index contributed by atoms with van der Waals surface area (Å²) in [7, 11) is 0. The molecule has 0 heterocycles. The predicted octanol–water partition coefficient (Wildman–Crippen LogP) is 1.66. The molecule has 1 saturated carbocycles. The maximum absolute atomic E-state index is 5.88. The van der Waals surface area contributed by atoms with Gasteiger partial charge in [0.25, 0.3) is 0 Å². The molecule has 1 aliphatic rings. The summed E-state index contributed by atoms with van der Waals surface area (Å²) in [5.74, 6) is 0. The lowest BCUT2D eigenvalue weighted by Crippen LogP contribution is -2.29. The zero-order valence-electron chi connectivity index (χ0n) is 5.44. The first-order valence-electron chi connectivity index (χ1n) is 3.27. The topological polar surface area (TPSA) is 26.0 Å². The molecule has 1 rings (SSSR count). The van der Waals surface area contributed by atoms with E-state index < -0.39 is 0 Å². The van der Waals surface area contributed by atoms with Crippen molar-refractivity contribution < 1.29 is 0 Å². The molecule has 0 radical (unpaired) electrons. The zero-order chi connectivity index (χ0) is 6.85. The smallest absolute Gasteiger partial charge is 0.0557 e. The predicted molar refractivity (Wildman–Crippen MR) is 40.6 cm³/mol. The van der Waals surface area contributed by atoms with E-state index in [1.807, 2.05) is 0 Å². The van der Waals surface area contributed by atoms with E-state index in [4.69, 9.17) is 17.3 Å². The van der Waals surface area contributed by atoms with E-state index in [1.54, 1.807) is 0 Å². The minimum absolute atomic E-state index is 0.133. The molecule has 0 spiro atoms. The molecule has 2 atom stereocenters. The van der Waals surface area contributed by atoms with Gasteiger partial charge in [-0.1, -0.05) is 12.2 Å². The van der Waals surface area contributed by atoms with Crippen molar-refractivity contribution in [2.45, 2.75) is 30.7 Å². The van der Waals surface area contributed by atoms with Crippen LogP contribution >= 0.6 is 11.6 Å². The minimum atomic E-state index is 0.133. The van der Waals surface area contributed by atoms with Crippen molar-refractivity contribution in [3.63, 3.8) is 0 Å². The first kappa shape index (κ1) is 7.10. The van der Waals surface area contributed by atoms with Gasteiger partial charge in [0.05, 0.1) is 5.38 Å². The van der Waals surface area contributed by atoms with Gasteiger partial charge >= 0.3 is 0 Å². The van der Waals surface area contributed by atoms with E-state index in [0.717, 1.165) is 24.8 Å². The molecule has 0 aromatic carbocycles. The van der Waals surface area contributed by atoms with Crippen molar-refractivity contribution in [3.05, 3.63) is 12.2 Å². The van der Waals surface area contributed by atoms with Gasteiger partial charge in [-0.2, -0.15) is 0 Å². The Labute approximate surface area is 60.9 Å². The van der Waals surface area contributed by atoms with Gasteiger partial charge in [-0.25, -0.2) is 0 Å². The molecule has 2 N–H and O–H groups in total. The van der Waals surface area contributed by atoms with E-state index in [2.05, 4.69) is 6.58 Å². The molecule has 0 amide bonds. The lowest BCUT2D eigenvalue weighted by molar-refractivity contribution is 0.517. The number of halogens is 1. The van der Waals surface area contributed by atoms with E-state index in [9.17, 15) is 0 Å². The molecular formula is C7H12ClN. The summed E-state index contributed by atoms with van der Waals surface area (Å²) in [5.41, 5.74) is 6.81. The summed E-state index contributed by atoms with van der Waals surface area (Å²) in [5, 5.41) is 0.133. The molecule has 52 valence electrons. The van der Waals surface area contributed by atoms with Crippen molar-refractivity contribution in [2.24, 2.45) is 5.73 Å². The third-order valence-corrected chi connectivity index (χ3v) is 2.28. The molecule has 0 bridgehead atoms. The largest absolute Gasteiger partial charge is 0.328 e. The highest BCUT2D eigenvalue weighted by atomic mass is 35.5. The van der Waals surface area contributed by atoms with Crippen molar-refractivity contribution >= 4 is 11.6 Å². The highest BCUT2D eigenvalue weighted by Gasteiger charge is 2.19. The Balaban J connectivity index is 2.44. The monoisotopic (exact) mass is 145 g/mol. The van der Waals surface area contributed by atoms with Crippen LogP contribution in [0.3, 0.4) is 0 Å². The van der Waals surface area contributed by atoms with E-state index in [0.29, 0.717) is 6.04 Å². The Morgan fingerprint density at radius 2 is 2.33 bits per heavy atom. The summed E-state index contributed by atoms with van der Waals surface area (Å²) in [6.07, 6.45) is 2.97. The second-order valence-electron chi connectivity index (χ2n) is 2.66. The third kappa shape index (κ3) is 1.70. The van der Waals surface area contributed by atoms with Crippen LogP contribution in [0.15, 0.2) is 12.2 Å². The van der Waals surface area contributed by atoms with Gasteiger partial charge < -0.3 is 5.73 Å². The molecule has 1 nitrogen and oxygen atoms in total. The molecular weight excluding hydrogens is 134 g/mol. The Morgan fingerprint density at radius 1 is 1.67 bits per heavy atom. The van der Waals surface area contributed by atoms with Crippen LogP contribution in [0.25, 0.3) is 0 Å². The number of hydrogen-bond donors (Lipinski definition) is 1. The lowest BCUT2D eigenvalue weighted by atomic mass is 9.92. The van der Waals surface area contributed by atoms with Gasteiger partial charge in [0.1, 0.15) is 0 Å².